The summed E-state index contributed by atoms with van der Waals surface area (Å²) in [5.41, 5.74) is 0.912. The fourth-order valence-corrected chi connectivity index (χ4v) is 6.85. The normalized spacial score (nSPS) is 20.3. The summed E-state index contributed by atoms with van der Waals surface area (Å²) in [4.78, 5) is 30.8. The first-order valence-electron chi connectivity index (χ1n) is 8.45. The average Bonchev–Trinajstić information content (AvgIpc) is 3.28. The maximum Gasteiger partial charge on any atom is 0.271 e. The second-order valence-electron chi connectivity index (χ2n) is 6.15. The Morgan fingerprint density at radius 1 is 1.14 bits per heavy atom. The van der Waals surface area contributed by atoms with Gasteiger partial charge in [0, 0.05) is 31.6 Å². The number of nitrogens with zero attached hydrogens (tertiary/aromatic N) is 3. The van der Waals surface area contributed by atoms with E-state index in [2.05, 4.69) is 0 Å². The van der Waals surface area contributed by atoms with Gasteiger partial charge in [-0.05, 0) is 19.1 Å². The van der Waals surface area contributed by atoms with Gasteiger partial charge < -0.3 is 9.64 Å². The highest BCUT2D eigenvalue weighted by Gasteiger charge is 2.32. The van der Waals surface area contributed by atoms with E-state index in [9.17, 15) is 9.59 Å². The van der Waals surface area contributed by atoms with E-state index in [0.29, 0.717) is 25.0 Å². The van der Waals surface area contributed by atoms with E-state index >= 15 is 0 Å². The topological polar surface area (TPSA) is 54.8 Å². The maximum atomic E-state index is 13.2. The molecule has 0 radical (unpaired) electrons. The van der Waals surface area contributed by atoms with Gasteiger partial charge in [-0.1, -0.05) is 35.7 Å². The third-order valence-electron chi connectivity index (χ3n) is 4.59. The molecule has 146 valence electrons. The number of carbonyl (C=O) groups excluding carboxylic acids is 1. The predicted molar refractivity (Wildman–Crippen MR) is 121 cm³/mol. The highest BCUT2D eigenvalue weighted by Crippen LogP contribution is 2.46. The molecule has 4 rings (SSSR count). The van der Waals surface area contributed by atoms with Crippen LogP contribution in [0.1, 0.15) is 6.92 Å². The van der Waals surface area contributed by atoms with Crippen molar-refractivity contribution < 1.29 is 9.53 Å². The summed E-state index contributed by atoms with van der Waals surface area (Å²) in [6.07, 6.45) is 0. The van der Waals surface area contributed by atoms with Gasteiger partial charge in [0.15, 0.2) is 0 Å². The van der Waals surface area contributed by atoms with Crippen LogP contribution in [0.25, 0.3) is 9.93 Å². The van der Waals surface area contributed by atoms with Crippen LogP contribution in [-0.2, 0) is 11.3 Å². The van der Waals surface area contributed by atoms with Crippen molar-refractivity contribution in [2.75, 3.05) is 26.1 Å². The highest BCUT2D eigenvalue weighted by atomic mass is 32.2. The van der Waals surface area contributed by atoms with Crippen LogP contribution in [0, 0.1) is 0 Å². The molecule has 28 heavy (non-hydrogen) atoms. The first kappa shape index (κ1) is 19.6. The lowest BCUT2D eigenvalue weighted by atomic mass is 10.3. The second-order valence-corrected chi connectivity index (χ2v) is 9.82. The van der Waals surface area contributed by atoms with E-state index in [4.69, 9.17) is 17.0 Å². The zero-order chi connectivity index (χ0) is 20.2. The molecule has 2 aliphatic heterocycles. The molecular formula is C18H17N3O3S4. The molecule has 1 fully saturated rings. The van der Waals surface area contributed by atoms with Gasteiger partial charge in [-0.3, -0.25) is 19.1 Å². The van der Waals surface area contributed by atoms with Crippen molar-refractivity contribution in [1.29, 1.82) is 0 Å². The summed E-state index contributed by atoms with van der Waals surface area (Å²) in [5.74, 6) is 0.612. The Kier molecular flexibility index (Phi) is 5.07. The lowest BCUT2D eigenvalue weighted by Gasteiger charge is -2.13. The van der Waals surface area contributed by atoms with Gasteiger partial charge in [-0.25, -0.2) is 0 Å². The molecule has 3 heterocycles. The predicted octanol–water partition coefficient (Wildman–Crippen LogP) is 1.84. The number of thioether (sulfide) groups is 2. The molecule has 0 unspecified atom stereocenters. The zero-order valence-electron chi connectivity index (χ0n) is 15.6. The summed E-state index contributed by atoms with van der Waals surface area (Å²) in [7, 11) is 5.23. The van der Waals surface area contributed by atoms with Crippen LogP contribution in [-0.4, -0.2) is 40.9 Å². The Hall–Kier alpha value is -1.75. The van der Waals surface area contributed by atoms with Crippen LogP contribution in [0.2, 0.25) is 0 Å². The SMILES string of the molecule is CCn1c(=O)/c(=C2/Sc3ccc(OC)cc3N2C)s/c1=C1/SC(=S)N(C)C1=O. The number of thiocarbonyl (C=S) groups is 1. The zero-order valence-corrected chi connectivity index (χ0v) is 18.9. The molecule has 0 spiro atoms. The van der Waals surface area contributed by atoms with Crippen LogP contribution in [0.3, 0.4) is 0 Å². The monoisotopic (exact) mass is 451 g/mol. The van der Waals surface area contributed by atoms with Crippen molar-refractivity contribution in [2.45, 2.75) is 18.4 Å². The number of anilines is 1. The molecule has 0 atom stereocenters. The minimum absolute atomic E-state index is 0.0852. The molecule has 0 N–H and O–H groups in total. The molecule has 1 amide bonds. The van der Waals surface area contributed by atoms with Gasteiger partial charge in [-0.15, -0.1) is 11.3 Å². The average molecular weight is 452 g/mol. The van der Waals surface area contributed by atoms with Crippen molar-refractivity contribution in [2.24, 2.45) is 0 Å². The molecule has 0 saturated carbocycles. The van der Waals surface area contributed by atoms with Crippen molar-refractivity contribution in [3.8, 4) is 5.75 Å². The molecule has 1 aromatic heterocycles. The van der Waals surface area contributed by atoms with Crippen LogP contribution < -0.4 is 24.4 Å². The van der Waals surface area contributed by atoms with Gasteiger partial charge in [0.25, 0.3) is 11.5 Å². The molecule has 2 aliphatic rings. The van der Waals surface area contributed by atoms with Crippen molar-refractivity contribution in [3.05, 3.63) is 37.7 Å². The summed E-state index contributed by atoms with van der Waals surface area (Å²) in [6.45, 7) is 2.39. The largest absolute Gasteiger partial charge is 0.497 e. The number of hydrogen-bond donors (Lipinski definition) is 0. The fraction of sp³-hybridized carbons (Fsp3) is 0.278. The highest BCUT2D eigenvalue weighted by molar-refractivity contribution is 8.30. The summed E-state index contributed by atoms with van der Waals surface area (Å²) in [6, 6.07) is 5.86. The van der Waals surface area contributed by atoms with Crippen molar-refractivity contribution in [3.63, 3.8) is 0 Å². The Bertz CT molecular complexity index is 1200. The van der Waals surface area contributed by atoms with Crippen LogP contribution in [0.4, 0.5) is 5.69 Å². The van der Waals surface area contributed by atoms with Gasteiger partial charge in [0.1, 0.15) is 29.2 Å². The van der Waals surface area contributed by atoms with E-state index < -0.39 is 0 Å². The Balaban J connectivity index is 1.96. The Labute approximate surface area is 179 Å². The van der Waals surface area contributed by atoms with E-state index in [1.807, 2.05) is 37.1 Å². The lowest BCUT2D eigenvalue weighted by Crippen LogP contribution is -2.34. The van der Waals surface area contributed by atoms with E-state index in [1.54, 1.807) is 30.5 Å². The summed E-state index contributed by atoms with van der Waals surface area (Å²) in [5, 5.41) is 0.860. The first-order chi connectivity index (χ1) is 13.4. The number of benzene rings is 1. The number of rotatable bonds is 2. The van der Waals surface area contributed by atoms with Gasteiger partial charge in [0.05, 0.1) is 12.8 Å². The smallest absolute Gasteiger partial charge is 0.271 e. The molecule has 10 heteroatoms. The fourth-order valence-electron chi connectivity index (χ4n) is 3.02. The number of amides is 1. The maximum absolute atomic E-state index is 13.2. The molecular weight excluding hydrogens is 434 g/mol. The van der Waals surface area contributed by atoms with E-state index in [-0.39, 0.29) is 11.5 Å². The Morgan fingerprint density at radius 2 is 1.89 bits per heavy atom. The minimum atomic E-state index is -0.157. The van der Waals surface area contributed by atoms with Gasteiger partial charge >= 0.3 is 0 Å². The molecule has 2 aromatic rings. The number of fused-ring (bicyclic) bond motifs is 1. The quantitative estimate of drug-likeness (QED) is 0.646. The molecule has 1 aromatic carbocycles. The third-order valence-corrected chi connectivity index (χ3v) is 8.82. The minimum Gasteiger partial charge on any atom is -0.497 e. The summed E-state index contributed by atoms with van der Waals surface area (Å²) < 4.78 is 8.78. The number of carbonyl (C=O) groups is 1. The van der Waals surface area contributed by atoms with E-state index in [0.717, 1.165) is 21.4 Å². The first-order valence-corrected chi connectivity index (χ1v) is 11.3. The number of methoxy groups -OCH3 is 1. The van der Waals surface area contributed by atoms with Crippen LogP contribution >= 0.6 is 47.1 Å². The number of aromatic nitrogens is 1. The van der Waals surface area contributed by atoms with Crippen molar-refractivity contribution >= 4 is 72.9 Å². The molecule has 6 nitrogen and oxygen atoms in total. The van der Waals surface area contributed by atoms with Crippen LogP contribution in [0.5, 0.6) is 5.75 Å². The standard InChI is InChI=1S/C18H17N3O3S4/c1-5-21-15(23)13(27-17(21)12-14(22)20(3)18(25)28-12)16-19(2)10-8-9(24-4)6-7-11(10)26-16/h6-8H,5H2,1-4H3/b16-13-,17-12+. The van der Waals surface area contributed by atoms with Crippen molar-refractivity contribution in [1.82, 2.24) is 9.47 Å². The molecule has 0 bridgehead atoms. The Morgan fingerprint density at radius 3 is 2.50 bits per heavy atom. The third kappa shape index (κ3) is 2.90. The van der Waals surface area contributed by atoms with Crippen LogP contribution in [0.15, 0.2) is 27.9 Å². The van der Waals surface area contributed by atoms with Gasteiger partial charge in [-0.2, -0.15) is 0 Å². The van der Waals surface area contributed by atoms with E-state index in [1.165, 1.54) is 28.0 Å². The number of thiazole rings is 1. The van der Waals surface area contributed by atoms with Gasteiger partial charge in [0.2, 0.25) is 0 Å². The summed E-state index contributed by atoms with van der Waals surface area (Å²) >= 11 is 9.40. The number of ether oxygens (including phenoxy) is 1. The number of hydrogen-bond acceptors (Lipinski definition) is 8. The second kappa shape index (κ2) is 7.25. The lowest BCUT2D eigenvalue weighted by molar-refractivity contribution is -0.119. The molecule has 0 aliphatic carbocycles. The molecule has 1 saturated heterocycles.